The first-order chi connectivity index (χ1) is 15.7. The average Bonchev–Trinajstić information content (AvgIpc) is 2.96. The van der Waals surface area contributed by atoms with Crippen molar-refractivity contribution < 1.29 is 23.2 Å². The molecule has 1 aliphatic rings. The minimum absolute atomic E-state index is 0.0708. The number of imide groups is 1. The monoisotopic (exact) mass is 592 g/mol. The molecule has 3 amide bonds. The van der Waals surface area contributed by atoms with Crippen LogP contribution in [0.2, 0.25) is 0 Å². The van der Waals surface area contributed by atoms with Crippen LogP contribution in [0.3, 0.4) is 0 Å². The summed E-state index contributed by atoms with van der Waals surface area (Å²) in [5.41, 5.74) is -0.718. The van der Waals surface area contributed by atoms with E-state index in [1.165, 1.54) is 3.93 Å². The maximum atomic E-state index is 14.3. The van der Waals surface area contributed by atoms with Gasteiger partial charge < -0.3 is 9.05 Å². The quantitative estimate of drug-likeness (QED) is 0.195. The van der Waals surface area contributed by atoms with Crippen LogP contribution < -0.4 is 14.4 Å². The maximum Gasteiger partial charge on any atom is 0.463 e. The van der Waals surface area contributed by atoms with E-state index in [-0.39, 0.29) is 6.42 Å². The molecule has 0 radical (unpaired) electrons. The molecule has 170 valence electrons. The van der Waals surface area contributed by atoms with E-state index in [4.69, 9.17) is 9.05 Å². The van der Waals surface area contributed by atoms with E-state index in [9.17, 15) is 14.2 Å². The first-order valence-electron chi connectivity index (χ1n) is 9.93. The number of para-hydroxylation sites is 2. The summed E-state index contributed by atoms with van der Waals surface area (Å²) >= 11 is 6.21. The van der Waals surface area contributed by atoms with Crippen LogP contribution >= 0.6 is 39.9 Å². The highest BCUT2D eigenvalue weighted by molar-refractivity contribution is 9.08. The van der Waals surface area contributed by atoms with Crippen LogP contribution in [0.1, 0.15) is 12.5 Å². The van der Waals surface area contributed by atoms with Gasteiger partial charge in [0.25, 0.3) is 5.91 Å². The third-order valence-corrected chi connectivity index (χ3v) is 8.81. The summed E-state index contributed by atoms with van der Waals surface area (Å²) in [7, 11) is -3.97. The van der Waals surface area contributed by atoms with Crippen LogP contribution in [0.15, 0.2) is 84.9 Å². The topological polar surface area (TPSA) is 76.1 Å². The normalized spacial score (nSPS) is 18.5. The molecule has 7 nitrogen and oxygen atoms in total. The van der Waals surface area contributed by atoms with Gasteiger partial charge in [-0.05, 0) is 42.8 Å². The lowest BCUT2D eigenvalue weighted by molar-refractivity contribution is -0.127. The van der Waals surface area contributed by atoms with Gasteiger partial charge >= 0.3 is 13.6 Å². The van der Waals surface area contributed by atoms with E-state index >= 15 is 0 Å². The average molecular weight is 594 g/mol. The standard InChI is InChI=1S/C23H19Br2N2O5P/c1-23(21(28)26(24)22(29)27(23)25)16-17-10-8-9-15-20(17)33(30,31-18-11-4-2-5-12-18)32-19-13-6-3-7-14-19/h2-15H,16H2,1H3. The Morgan fingerprint density at radius 2 is 1.30 bits per heavy atom. The van der Waals surface area contributed by atoms with Crippen molar-refractivity contribution in [1.29, 1.82) is 0 Å². The van der Waals surface area contributed by atoms with Gasteiger partial charge in [0.2, 0.25) is 0 Å². The van der Waals surface area contributed by atoms with Crippen LogP contribution in [-0.4, -0.2) is 25.3 Å². The van der Waals surface area contributed by atoms with Crippen molar-refractivity contribution in [2.75, 3.05) is 0 Å². The second-order valence-corrected chi connectivity index (χ2v) is 10.8. The van der Waals surface area contributed by atoms with Gasteiger partial charge in [0.1, 0.15) is 17.0 Å². The van der Waals surface area contributed by atoms with Crippen molar-refractivity contribution in [3.8, 4) is 11.5 Å². The molecule has 1 unspecified atom stereocenters. The van der Waals surface area contributed by atoms with E-state index < -0.39 is 25.1 Å². The first-order valence-corrected chi connectivity index (χ1v) is 12.9. The summed E-state index contributed by atoms with van der Waals surface area (Å²) in [6.45, 7) is 1.63. The van der Waals surface area contributed by atoms with E-state index in [0.717, 1.165) is 3.93 Å². The first kappa shape index (κ1) is 23.5. The van der Waals surface area contributed by atoms with Gasteiger partial charge in [-0.25, -0.2) is 13.3 Å². The highest BCUT2D eigenvalue weighted by atomic mass is 79.9. The molecule has 0 saturated carbocycles. The van der Waals surface area contributed by atoms with Crippen LogP contribution in [-0.2, 0) is 15.8 Å². The fourth-order valence-electron chi connectivity index (χ4n) is 3.47. The van der Waals surface area contributed by atoms with Crippen molar-refractivity contribution in [3.05, 3.63) is 90.5 Å². The van der Waals surface area contributed by atoms with Crippen molar-refractivity contribution in [2.45, 2.75) is 18.9 Å². The number of carbonyl (C=O) groups is 2. The fraction of sp³-hybridized carbons (Fsp3) is 0.130. The van der Waals surface area contributed by atoms with Crippen molar-refractivity contribution in [2.24, 2.45) is 0 Å². The summed E-state index contributed by atoms with van der Waals surface area (Å²) in [6.07, 6.45) is 0.0708. The molecule has 0 aliphatic carbocycles. The van der Waals surface area contributed by atoms with Gasteiger partial charge in [-0.3, -0.25) is 4.79 Å². The Bertz CT molecular complexity index is 1180. The summed E-state index contributed by atoms with van der Waals surface area (Å²) in [5.74, 6) is 0.291. The number of carbonyl (C=O) groups excluding carboxylic acids is 2. The Labute approximate surface area is 208 Å². The van der Waals surface area contributed by atoms with E-state index in [2.05, 4.69) is 32.3 Å². The minimum Gasteiger partial charge on any atom is -0.413 e. The second-order valence-electron chi connectivity index (χ2n) is 7.53. The summed E-state index contributed by atoms with van der Waals surface area (Å²) in [6, 6.07) is 23.8. The van der Waals surface area contributed by atoms with Gasteiger partial charge in [-0.2, -0.15) is 3.93 Å². The summed E-state index contributed by atoms with van der Waals surface area (Å²) in [5, 5.41) is 0.299. The fourth-order valence-corrected chi connectivity index (χ4v) is 6.47. The van der Waals surface area contributed by atoms with Gasteiger partial charge in [-0.15, -0.1) is 0 Å². The molecule has 1 heterocycles. The number of halogens is 2. The molecule has 0 aromatic heterocycles. The lowest BCUT2D eigenvalue weighted by Gasteiger charge is -2.28. The Kier molecular flexibility index (Phi) is 6.66. The van der Waals surface area contributed by atoms with E-state index in [0.29, 0.717) is 22.4 Å². The number of benzene rings is 3. The van der Waals surface area contributed by atoms with Gasteiger partial charge in [0.15, 0.2) is 0 Å². The second kappa shape index (κ2) is 9.33. The molecule has 1 fully saturated rings. The molecule has 4 rings (SSSR count). The lowest BCUT2D eigenvalue weighted by atomic mass is 9.93. The number of amides is 3. The maximum absolute atomic E-state index is 14.3. The minimum atomic E-state index is -3.97. The molecule has 1 atom stereocenters. The van der Waals surface area contributed by atoms with Crippen molar-refractivity contribution in [3.63, 3.8) is 0 Å². The molecule has 3 aromatic rings. The third-order valence-electron chi connectivity index (χ3n) is 5.17. The third kappa shape index (κ3) is 4.58. The molecule has 3 aromatic carbocycles. The highest BCUT2D eigenvalue weighted by Gasteiger charge is 2.54. The highest BCUT2D eigenvalue weighted by Crippen LogP contribution is 2.49. The zero-order chi connectivity index (χ0) is 23.6. The van der Waals surface area contributed by atoms with Crippen molar-refractivity contribution in [1.82, 2.24) is 7.85 Å². The number of nitrogens with zero attached hydrogens (tertiary/aromatic N) is 2. The smallest absolute Gasteiger partial charge is 0.413 e. The summed E-state index contributed by atoms with van der Waals surface area (Å²) < 4.78 is 28.3. The van der Waals surface area contributed by atoms with Gasteiger partial charge in [0.05, 0.1) is 37.6 Å². The number of rotatable bonds is 7. The van der Waals surface area contributed by atoms with Gasteiger partial charge in [0, 0.05) is 6.42 Å². The van der Waals surface area contributed by atoms with Crippen molar-refractivity contribution >= 4 is 57.1 Å². The van der Waals surface area contributed by atoms with Crippen LogP contribution in [0.5, 0.6) is 11.5 Å². The van der Waals surface area contributed by atoms with Crippen LogP contribution in [0.25, 0.3) is 0 Å². The van der Waals surface area contributed by atoms with E-state index in [1.54, 1.807) is 79.7 Å². The largest absolute Gasteiger partial charge is 0.463 e. The zero-order valence-corrected chi connectivity index (χ0v) is 21.5. The molecular weight excluding hydrogens is 575 g/mol. The predicted molar refractivity (Wildman–Crippen MR) is 132 cm³/mol. The number of hydrogen-bond donors (Lipinski definition) is 0. The molecule has 0 bridgehead atoms. The Morgan fingerprint density at radius 3 is 1.79 bits per heavy atom. The Morgan fingerprint density at radius 1 is 0.818 bits per heavy atom. The van der Waals surface area contributed by atoms with Gasteiger partial charge in [-0.1, -0.05) is 54.6 Å². The number of urea groups is 1. The molecule has 0 spiro atoms. The SMILES string of the molecule is CC1(Cc2ccccc2P(=O)(Oc2ccccc2)Oc2ccccc2)C(=O)N(Br)C(=O)N1Br. The molecule has 0 N–H and O–H groups in total. The zero-order valence-electron chi connectivity index (χ0n) is 17.4. The van der Waals surface area contributed by atoms with Crippen LogP contribution in [0, 0.1) is 0 Å². The molecule has 33 heavy (non-hydrogen) atoms. The molecule has 1 saturated heterocycles. The molecule has 10 heteroatoms. The Hall–Kier alpha value is -2.61. The summed E-state index contributed by atoms with van der Waals surface area (Å²) in [4.78, 5) is 25.2. The predicted octanol–water partition coefficient (Wildman–Crippen LogP) is 5.85. The molecule has 1 aliphatic heterocycles. The number of hydrogen-bond acceptors (Lipinski definition) is 5. The Balaban J connectivity index is 1.78. The van der Waals surface area contributed by atoms with Crippen LogP contribution in [0.4, 0.5) is 4.79 Å². The van der Waals surface area contributed by atoms with E-state index in [1.807, 2.05) is 12.1 Å². The molecular formula is C23H19Br2N2O5P. The lowest BCUT2D eigenvalue weighted by Crippen LogP contribution is -2.45.